The van der Waals surface area contributed by atoms with Gasteiger partial charge >= 0.3 is 0 Å². The van der Waals surface area contributed by atoms with Gasteiger partial charge in [0, 0.05) is 32.6 Å². The average molecular weight is 397 g/mol. The van der Waals surface area contributed by atoms with E-state index in [1.807, 2.05) is 4.90 Å². The SMILES string of the molecule is O=C(CCOc1ccc(F)cc1Cl)N1CCN(C(=O)CC2CCCC2)CC1. The molecule has 2 aliphatic rings. The van der Waals surface area contributed by atoms with Crippen molar-refractivity contribution in [2.75, 3.05) is 32.8 Å². The molecule has 1 saturated heterocycles. The van der Waals surface area contributed by atoms with Gasteiger partial charge < -0.3 is 14.5 Å². The van der Waals surface area contributed by atoms with Gasteiger partial charge in [0.1, 0.15) is 11.6 Å². The summed E-state index contributed by atoms with van der Waals surface area (Å²) in [7, 11) is 0. The molecule has 7 heteroatoms. The van der Waals surface area contributed by atoms with Gasteiger partial charge in [-0.25, -0.2) is 4.39 Å². The van der Waals surface area contributed by atoms with Crippen LogP contribution in [0.4, 0.5) is 4.39 Å². The van der Waals surface area contributed by atoms with E-state index in [1.54, 1.807) is 4.90 Å². The second-order valence-electron chi connectivity index (χ2n) is 7.29. The van der Waals surface area contributed by atoms with Crippen LogP contribution >= 0.6 is 11.6 Å². The second kappa shape index (κ2) is 9.40. The fraction of sp³-hybridized carbons (Fsp3) is 0.600. The van der Waals surface area contributed by atoms with Crippen LogP contribution < -0.4 is 4.74 Å². The highest BCUT2D eigenvalue weighted by atomic mass is 35.5. The molecule has 0 spiro atoms. The number of amides is 2. The summed E-state index contributed by atoms with van der Waals surface area (Å²) in [5, 5.41) is 0.192. The highest BCUT2D eigenvalue weighted by molar-refractivity contribution is 6.32. The molecule has 1 saturated carbocycles. The summed E-state index contributed by atoms with van der Waals surface area (Å²) < 4.78 is 18.5. The Hall–Kier alpha value is -1.82. The van der Waals surface area contributed by atoms with Crippen LogP contribution in [0.3, 0.4) is 0 Å². The molecular weight excluding hydrogens is 371 g/mol. The van der Waals surface area contributed by atoms with Crippen molar-refractivity contribution in [3.63, 3.8) is 0 Å². The summed E-state index contributed by atoms with van der Waals surface area (Å²) in [6.45, 7) is 2.51. The van der Waals surface area contributed by atoms with Gasteiger partial charge in [0.15, 0.2) is 0 Å². The molecule has 5 nitrogen and oxygen atoms in total. The summed E-state index contributed by atoms with van der Waals surface area (Å²) in [5.41, 5.74) is 0. The maximum absolute atomic E-state index is 13.0. The first-order chi connectivity index (χ1) is 13.0. The molecule has 2 fully saturated rings. The van der Waals surface area contributed by atoms with Gasteiger partial charge in [-0.15, -0.1) is 0 Å². The highest BCUT2D eigenvalue weighted by Crippen LogP contribution is 2.28. The minimum atomic E-state index is -0.427. The van der Waals surface area contributed by atoms with E-state index in [4.69, 9.17) is 16.3 Å². The molecule has 0 atom stereocenters. The van der Waals surface area contributed by atoms with Crippen LogP contribution in [0, 0.1) is 11.7 Å². The Labute approximate surface area is 164 Å². The zero-order valence-corrected chi connectivity index (χ0v) is 16.2. The van der Waals surface area contributed by atoms with Crippen molar-refractivity contribution in [2.45, 2.75) is 38.5 Å². The molecule has 1 aromatic carbocycles. The molecule has 1 heterocycles. The predicted molar refractivity (Wildman–Crippen MR) is 101 cm³/mol. The monoisotopic (exact) mass is 396 g/mol. The molecule has 0 aromatic heterocycles. The maximum atomic E-state index is 13.0. The van der Waals surface area contributed by atoms with Gasteiger partial charge in [-0.05, 0) is 37.0 Å². The summed E-state index contributed by atoms with van der Waals surface area (Å²) in [6, 6.07) is 3.90. The van der Waals surface area contributed by atoms with Crippen LogP contribution in [-0.4, -0.2) is 54.4 Å². The largest absolute Gasteiger partial charge is 0.491 e. The Morgan fingerprint density at radius 3 is 2.33 bits per heavy atom. The van der Waals surface area contributed by atoms with Crippen molar-refractivity contribution in [3.8, 4) is 5.75 Å². The van der Waals surface area contributed by atoms with Crippen LogP contribution in [0.15, 0.2) is 18.2 Å². The van der Waals surface area contributed by atoms with Crippen LogP contribution in [0.25, 0.3) is 0 Å². The van der Waals surface area contributed by atoms with Crippen LogP contribution in [0.2, 0.25) is 5.02 Å². The second-order valence-corrected chi connectivity index (χ2v) is 7.70. The number of ether oxygens (including phenoxy) is 1. The van der Waals surface area contributed by atoms with Crippen molar-refractivity contribution in [1.29, 1.82) is 0 Å². The Morgan fingerprint density at radius 1 is 1.07 bits per heavy atom. The zero-order chi connectivity index (χ0) is 19.2. The Balaban J connectivity index is 1.37. The Bertz CT molecular complexity index is 671. The normalized spacial score (nSPS) is 18.0. The number of nitrogens with zero attached hydrogens (tertiary/aromatic N) is 2. The fourth-order valence-corrected chi connectivity index (χ4v) is 4.02. The van der Waals surface area contributed by atoms with Crippen LogP contribution in [0.5, 0.6) is 5.75 Å². The first kappa shape index (κ1) is 19.9. The minimum Gasteiger partial charge on any atom is -0.491 e. The molecule has 1 aromatic rings. The van der Waals surface area contributed by atoms with Gasteiger partial charge in [-0.3, -0.25) is 9.59 Å². The zero-order valence-electron chi connectivity index (χ0n) is 15.5. The molecule has 0 N–H and O–H groups in total. The van der Waals surface area contributed by atoms with Crippen molar-refractivity contribution in [1.82, 2.24) is 9.80 Å². The molecule has 27 heavy (non-hydrogen) atoms. The third kappa shape index (κ3) is 5.58. The van der Waals surface area contributed by atoms with E-state index in [9.17, 15) is 14.0 Å². The number of halogens is 2. The number of carbonyl (C=O) groups is 2. The first-order valence-electron chi connectivity index (χ1n) is 9.66. The van der Waals surface area contributed by atoms with E-state index in [2.05, 4.69) is 0 Å². The predicted octanol–water partition coefficient (Wildman–Crippen LogP) is 3.50. The van der Waals surface area contributed by atoms with E-state index in [0.29, 0.717) is 44.3 Å². The number of piperazine rings is 1. The maximum Gasteiger partial charge on any atom is 0.226 e. The van der Waals surface area contributed by atoms with E-state index >= 15 is 0 Å². The quantitative estimate of drug-likeness (QED) is 0.739. The molecule has 1 aliphatic heterocycles. The molecular formula is C20H26ClFN2O3. The van der Waals surface area contributed by atoms with E-state index in [1.165, 1.54) is 43.9 Å². The van der Waals surface area contributed by atoms with Crippen molar-refractivity contribution < 1.29 is 18.7 Å². The van der Waals surface area contributed by atoms with Gasteiger partial charge in [-0.1, -0.05) is 24.4 Å². The number of hydrogen-bond acceptors (Lipinski definition) is 3. The third-order valence-corrected chi connectivity index (χ3v) is 5.69. The summed E-state index contributed by atoms with van der Waals surface area (Å²) in [5.74, 6) is 0.712. The summed E-state index contributed by atoms with van der Waals surface area (Å²) >= 11 is 5.90. The van der Waals surface area contributed by atoms with Crippen molar-refractivity contribution >= 4 is 23.4 Å². The molecule has 0 unspecified atom stereocenters. The molecule has 0 radical (unpaired) electrons. The van der Waals surface area contributed by atoms with E-state index < -0.39 is 5.82 Å². The minimum absolute atomic E-state index is 0.00359. The third-order valence-electron chi connectivity index (χ3n) is 5.39. The Kier molecular flexibility index (Phi) is 6.94. The van der Waals surface area contributed by atoms with Gasteiger partial charge in [0.25, 0.3) is 0 Å². The van der Waals surface area contributed by atoms with E-state index in [0.717, 1.165) is 0 Å². The lowest BCUT2D eigenvalue weighted by Gasteiger charge is -2.35. The summed E-state index contributed by atoms with van der Waals surface area (Å²) in [6.07, 6.45) is 5.70. The molecule has 148 valence electrons. The van der Waals surface area contributed by atoms with E-state index in [-0.39, 0.29) is 29.9 Å². The van der Waals surface area contributed by atoms with Crippen LogP contribution in [0.1, 0.15) is 38.5 Å². The van der Waals surface area contributed by atoms with Crippen molar-refractivity contribution in [3.05, 3.63) is 29.0 Å². The summed E-state index contributed by atoms with van der Waals surface area (Å²) in [4.78, 5) is 28.4. The lowest BCUT2D eigenvalue weighted by atomic mass is 10.0. The first-order valence-corrected chi connectivity index (χ1v) is 10.0. The Morgan fingerprint density at radius 2 is 1.70 bits per heavy atom. The smallest absolute Gasteiger partial charge is 0.226 e. The molecule has 2 amide bonds. The number of carbonyl (C=O) groups excluding carboxylic acids is 2. The average Bonchev–Trinajstić information content (AvgIpc) is 3.16. The number of hydrogen-bond donors (Lipinski definition) is 0. The van der Waals surface area contributed by atoms with Crippen LogP contribution in [-0.2, 0) is 9.59 Å². The fourth-order valence-electron chi connectivity index (χ4n) is 3.79. The number of benzene rings is 1. The lowest BCUT2D eigenvalue weighted by Crippen LogP contribution is -2.51. The van der Waals surface area contributed by atoms with Crippen molar-refractivity contribution in [2.24, 2.45) is 5.92 Å². The molecule has 3 rings (SSSR count). The number of rotatable bonds is 6. The van der Waals surface area contributed by atoms with Gasteiger partial charge in [-0.2, -0.15) is 0 Å². The lowest BCUT2D eigenvalue weighted by molar-refractivity contribution is -0.140. The van der Waals surface area contributed by atoms with Gasteiger partial charge in [0.2, 0.25) is 11.8 Å². The molecule has 0 bridgehead atoms. The topological polar surface area (TPSA) is 49.9 Å². The molecule has 1 aliphatic carbocycles. The highest BCUT2D eigenvalue weighted by Gasteiger charge is 2.26. The standard InChI is InChI=1S/C20H26ClFN2O3/c21-17-14-16(22)5-6-18(17)27-12-7-19(25)23-8-10-24(11-9-23)20(26)13-15-3-1-2-4-15/h5-6,14-15H,1-4,7-13H2. The van der Waals surface area contributed by atoms with Gasteiger partial charge in [0.05, 0.1) is 18.1 Å².